The molecule has 2 aromatic carbocycles. The van der Waals surface area contributed by atoms with Crippen molar-refractivity contribution in [3.05, 3.63) is 82.4 Å². The van der Waals surface area contributed by atoms with Gasteiger partial charge in [-0.1, -0.05) is 42.0 Å². The molecule has 1 unspecified atom stereocenters. The molecular weight excluding hydrogens is 365 g/mol. The first-order chi connectivity index (χ1) is 14.1. The zero-order valence-corrected chi connectivity index (χ0v) is 16.6. The first-order valence-corrected chi connectivity index (χ1v) is 10.4. The highest BCUT2D eigenvalue weighted by atomic mass is 19.1. The Morgan fingerprint density at radius 2 is 1.86 bits per heavy atom. The van der Waals surface area contributed by atoms with Crippen LogP contribution in [-0.2, 0) is 12.8 Å². The number of rotatable bonds is 3. The standard InChI is InChI=1S/C24H24FN3O/c1-16-11-13-17(14-12-16)20-10-5-15-27(20)24(29)23-18-6-4-9-21(18)28(26-23)22-8-3-2-7-19(22)25/h2-3,7-8,11-14,20H,4-6,9-10,15H2,1H3. The molecule has 3 aromatic rings. The number of benzene rings is 2. The minimum absolute atomic E-state index is 0.0266. The molecule has 0 radical (unpaired) electrons. The molecule has 2 aliphatic rings. The number of hydrogen-bond donors (Lipinski definition) is 0. The van der Waals surface area contributed by atoms with Gasteiger partial charge in [0, 0.05) is 17.8 Å². The number of likely N-dealkylation sites (tertiary alicyclic amines) is 1. The Bertz CT molecular complexity index is 1070. The summed E-state index contributed by atoms with van der Waals surface area (Å²) in [6.45, 7) is 2.80. The molecule has 1 aromatic heterocycles. The quantitative estimate of drug-likeness (QED) is 0.646. The molecule has 4 nitrogen and oxygen atoms in total. The summed E-state index contributed by atoms with van der Waals surface area (Å²) in [6.07, 6.45) is 4.58. The number of halogens is 1. The number of nitrogens with zero attached hydrogens (tertiary/aromatic N) is 3. The monoisotopic (exact) mass is 389 g/mol. The maximum atomic E-state index is 14.4. The number of amides is 1. The van der Waals surface area contributed by atoms with Crippen molar-refractivity contribution in [3.8, 4) is 5.69 Å². The van der Waals surface area contributed by atoms with Crippen LogP contribution in [0.3, 0.4) is 0 Å². The van der Waals surface area contributed by atoms with Gasteiger partial charge < -0.3 is 4.90 Å². The van der Waals surface area contributed by atoms with Crippen LogP contribution in [0.15, 0.2) is 48.5 Å². The molecule has 5 heteroatoms. The largest absolute Gasteiger partial charge is 0.330 e. The number of fused-ring (bicyclic) bond motifs is 1. The van der Waals surface area contributed by atoms with E-state index in [-0.39, 0.29) is 17.8 Å². The second kappa shape index (κ2) is 7.14. The molecule has 29 heavy (non-hydrogen) atoms. The average molecular weight is 389 g/mol. The van der Waals surface area contributed by atoms with Crippen LogP contribution < -0.4 is 0 Å². The SMILES string of the molecule is Cc1ccc(C2CCCN2C(=O)c2nn(-c3ccccc3F)c3c2CCC3)cc1. The first-order valence-electron chi connectivity index (χ1n) is 10.4. The number of hydrogen-bond acceptors (Lipinski definition) is 2. The lowest BCUT2D eigenvalue weighted by molar-refractivity contribution is 0.0728. The van der Waals surface area contributed by atoms with Crippen LogP contribution in [0.1, 0.15) is 58.2 Å². The van der Waals surface area contributed by atoms with E-state index in [0.717, 1.165) is 49.9 Å². The molecular formula is C24H24FN3O. The van der Waals surface area contributed by atoms with Crippen molar-refractivity contribution < 1.29 is 9.18 Å². The summed E-state index contributed by atoms with van der Waals surface area (Å²) >= 11 is 0. The zero-order valence-electron chi connectivity index (χ0n) is 16.6. The molecule has 1 saturated heterocycles. The Morgan fingerprint density at radius 1 is 1.07 bits per heavy atom. The number of carbonyl (C=O) groups is 1. The first kappa shape index (κ1) is 18.1. The third-order valence-electron chi connectivity index (χ3n) is 6.19. The normalized spacial score (nSPS) is 18.3. The van der Waals surface area contributed by atoms with Gasteiger partial charge in [-0.15, -0.1) is 0 Å². The maximum absolute atomic E-state index is 14.4. The molecule has 1 fully saturated rings. The maximum Gasteiger partial charge on any atom is 0.275 e. The number of aryl methyl sites for hydroxylation is 1. The van der Waals surface area contributed by atoms with Crippen molar-refractivity contribution in [1.82, 2.24) is 14.7 Å². The number of para-hydroxylation sites is 1. The topological polar surface area (TPSA) is 38.1 Å². The number of aromatic nitrogens is 2. The van der Waals surface area contributed by atoms with E-state index in [9.17, 15) is 9.18 Å². The van der Waals surface area contributed by atoms with Gasteiger partial charge in [0.2, 0.25) is 0 Å². The summed E-state index contributed by atoms with van der Waals surface area (Å²) < 4.78 is 16.1. The molecule has 5 rings (SSSR count). The fourth-order valence-corrected chi connectivity index (χ4v) is 4.71. The van der Waals surface area contributed by atoms with Crippen LogP contribution in [0.4, 0.5) is 4.39 Å². The lowest BCUT2D eigenvalue weighted by atomic mass is 10.0. The Morgan fingerprint density at radius 3 is 2.66 bits per heavy atom. The predicted molar refractivity (Wildman–Crippen MR) is 110 cm³/mol. The molecule has 1 aliphatic carbocycles. The van der Waals surface area contributed by atoms with Gasteiger partial charge in [-0.3, -0.25) is 4.79 Å². The fourth-order valence-electron chi connectivity index (χ4n) is 4.71. The van der Waals surface area contributed by atoms with Crippen LogP contribution in [0.5, 0.6) is 0 Å². The van der Waals surface area contributed by atoms with Gasteiger partial charge in [0.25, 0.3) is 5.91 Å². The predicted octanol–water partition coefficient (Wildman–Crippen LogP) is 4.79. The minimum Gasteiger partial charge on any atom is -0.330 e. The van der Waals surface area contributed by atoms with E-state index in [4.69, 9.17) is 0 Å². The Balaban J connectivity index is 1.53. The van der Waals surface area contributed by atoms with Gasteiger partial charge in [-0.25, -0.2) is 9.07 Å². The van der Waals surface area contributed by atoms with E-state index in [0.29, 0.717) is 11.4 Å². The summed E-state index contributed by atoms with van der Waals surface area (Å²) in [5.74, 6) is -0.344. The molecule has 1 amide bonds. The van der Waals surface area contributed by atoms with Gasteiger partial charge in [0.15, 0.2) is 5.69 Å². The van der Waals surface area contributed by atoms with Crippen LogP contribution in [-0.4, -0.2) is 27.1 Å². The van der Waals surface area contributed by atoms with Crippen molar-refractivity contribution in [1.29, 1.82) is 0 Å². The molecule has 1 aliphatic heterocycles. The van der Waals surface area contributed by atoms with Crippen LogP contribution in [0.2, 0.25) is 0 Å². The molecule has 148 valence electrons. The smallest absolute Gasteiger partial charge is 0.275 e. The minimum atomic E-state index is -0.317. The second-order valence-electron chi connectivity index (χ2n) is 8.06. The summed E-state index contributed by atoms with van der Waals surface area (Å²) in [4.78, 5) is 15.5. The van der Waals surface area contributed by atoms with Crippen LogP contribution in [0.25, 0.3) is 5.69 Å². The Labute approximate surface area is 170 Å². The van der Waals surface area contributed by atoms with Crippen molar-refractivity contribution in [2.24, 2.45) is 0 Å². The molecule has 0 N–H and O–H groups in total. The second-order valence-corrected chi connectivity index (χ2v) is 8.06. The van der Waals surface area contributed by atoms with E-state index >= 15 is 0 Å². The lowest BCUT2D eigenvalue weighted by Gasteiger charge is -2.25. The molecule has 1 atom stereocenters. The third kappa shape index (κ3) is 3.05. The molecule has 0 spiro atoms. The van der Waals surface area contributed by atoms with Crippen molar-refractivity contribution in [2.75, 3.05) is 6.54 Å². The van der Waals surface area contributed by atoms with Gasteiger partial charge in [0.1, 0.15) is 11.5 Å². The summed E-state index contributed by atoms with van der Waals surface area (Å²) in [5, 5.41) is 4.64. The third-order valence-corrected chi connectivity index (χ3v) is 6.19. The van der Waals surface area contributed by atoms with Gasteiger partial charge in [-0.05, 0) is 56.7 Å². The summed E-state index contributed by atoms with van der Waals surface area (Å²) in [5.41, 5.74) is 5.27. The Kier molecular flexibility index (Phi) is 4.46. The van der Waals surface area contributed by atoms with Crippen LogP contribution in [0, 0.1) is 12.7 Å². The highest BCUT2D eigenvalue weighted by Gasteiger charge is 2.35. The molecule has 0 saturated carbocycles. The highest BCUT2D eigenvalue weighted by molar-refractivity contribution is 5.94. The van der Waals surface area contributed by atoms with E-state index < -0.39 is 0 Å². The molecule has 2 heterocycles. The van der Waals surface area contributed by atoms with Crippen molar-refractivity contribution >= 4 is 5.91 Å². The van der Waals surface area contributed by atoms with E-state index in [1.54, 1.807) is 22.9 Å². The van der Waals surface area contributed by atoms with Gasteiger partial charge in [0.05, 0.1) is 6.04 Å². The van der Waals surface area contributed by atoms with E-state index in [2.05, 4.69) is 36.3 Å². The van der Waals surface area contributed by atoms with Gasteiger partial charge in [-0.2, -0.15) is 5.10 Å². The summed E-state index contributed by atoms with van der Waals surface area (Å²) in [7, 11) is 0. The highest BCUT2D eigenvalue weighted by Crippen LogP contribution is 2.35. The van der Waals surface area contributed by atoms with E-state index in [1.165, 1.54) is 17.2 Å². The summed E-state index contributed by atoms with van der Waals surface area (Å²) in [6, 6.07) is 15.2. The molecule has 0 bridgehead atoms. The number of carbonyl (C=O) groups excluding carboxylic acids is 1. The zero-order chi connectivity index (χ0) is 20.0. The van der Waals surface area contributed by atoms with E-state index in [1.807, 2.05) is 4.90 Å². The average Bonchev–Trinajstić information content (AvgIpc) is 3.45. The van der Waals surface area contributed by atoms with Crippen molar-refractivity contribution in [2.45, 2.75) is 45.1 Å². The Hall–Kier alpha value is -2.95. The van der Waals surface area contributed by atoms with Gasteiger partial charge >= 0.3 is 0 Å². The fraction of sp³-hybridized carbons (Fsp3) is 0.333. The van der Waals surface area contributed by atoms with Crippen molar-refractivity contribution in [3.63, 3.8) is 0 Å². The van der Waals surface area contributed by atoms with Crippen LogP contribution >= 0.6 is 0 Å². The lowest BCUT2D eigenvalue weighted by Crippen LogP contribution is -2.31.